The van der Waals surface area contributed by atoms with Gasteiger partial charge in [-0.2, -0.15) is 0 Å². The summed E-state index contributed by atoms with van der Waals surface area (Å²) in [6.45, 7) is 16.3. The van der Waals surface area contributed by atoms with Crippen LogP contribution in [0.15, 0.2) is 41.3 Å². The molecule has 4 rings (SSSR count). The molecule has 1 atom stereocenters. The molecule has 2 fully saturated rings. The lowest BCUT2D eigenvalue weighted by Crippen LogP contribution is -2.54. The van der Waals surface area contributed by atoms with Gasteiger partial charge in [0.25, 0.3) is 0 Å². The summed E-state index contributed by atoms with van der Waals surface area (Å²) >= 11 is 13.4. The Morgan fingerprint density at radius 2 is 1.38 bits per heavy atom. The van der Waals surface area contributed by atoms with Crippen LogP contribution in [0, 0.1) is 5.92 Å². The van der Waals surface area contributed by atoms with Crippen molar-refractivity contribution in [2.45, 2.75) is 94.8 Å². The molecular weight excluding hydrogens is 607 g/mol. The van der Waals surface area contributed by atoms with Gasteiger partial charge < -0.3 is 4.43 Å². The van der Waals surface area contributed by atoms with E-state index in [-0.39, 0.29) is 22.8 Å². The maximum Gasteiger partial charge on any atom is 0.240 e. The average molecular weight is 654 g/mol. The third kappa shape index (κ3) is 6.94. The molecule has 2 aromatic rings. The number of halogens is 2. The van der Waals surface area contributed by atoms with Crippen molar-refractivity contribution in [1.82, 2.24) is 10.0 Å². The average Bonchev–Trinajstić information content (AvgIpc) is 3.28. The van der Waals surface area contributed by atoms with E-state index in [0.29, 0.717) is 39.6 Å². The highest BCUT2D eigenvalue weighted by Gasteiger charge is 2.47. The lowest BCUT2D eigenvalue weighted by molar-refractivity contribution is -0.149. The molecule has 0 bridgehead atoms. The fraction of sp³-hybridized carbons (Fsp3) is 0.594. The first-order chi connectivity index (χ1) is 19.6. The van der Waals surface area contributed by atoms with Crippen LogP contribution in [0.25, 0.3) is 11.1 Å². The number of hydrogen-bond acceptors (Lipinski definition) is 5. The number of carbonyl (C=O) groups is 1. The van der Waals surface area contributed by atoms with Gasteiger partial charge in [-0.25, -0.2) is 13.4 Å². The van der Waals surface area contributed by atoms with Gasteiger partial charge in [-0.15, -0.1) is 0 Å². The van der Waals surface area contributed by atoms with Crippen molar-refractivity contribution in [3.05, 3.63) is 52.0 Å². The van der Waals surface area contributed by atoms with Gasteiger partial charge in [0.1, 0.15) is 0 Å². The fourth-order valence-corrected chi connectivity index (χ4v) is 14.1. The minimum absolute atomic E-state index is 0.136. The summed E-state index contributed by atoms with van der Waals surface area (Å²) in [7, 11) is -5.20. The Morgan fingerprint density at radius 1 is 0.857 bits per heavy atom. The van der Waals surface area contributed by atoms with E-state index in [4.69, 9.17) is 27.6 Å². The summed E-state index contributed by atoms with van der Waals surface area (Å²) in [6.07, 6.45) is 4.59. The van der Waals surface area contributed by atoms with E-state index in [0.717, 1.165) is 49.0 Å². The highest BCUT2D eigenvalue weighted by Crippen LogP contribution is 2.44. The number of nitrogens with zero attached hydrogens (tertiary/aromatic N) is 2. The van der Waals surface area contributed by atoms with Gasteiger partial charge in [0.2, 0.25) is 14.2 Å². The molecule has 232 valence electrons. The summed E-state index contributed by atoms with van der Waals surface area (Å²) in [5.41, 5.74) is 4.08. The van der Waals surface area contributed by atoms with E-state index >= 15 is 0 Å². The molecule has 6 nitrogen and oxygen atoms in total. The Balaban J connectivity index is 1.39. The number of piperidine rings is 1. The molecular formula is C32H46Cl2N2O4SSi. The molecule has 10 heteroatoms. The third-order valence-electron chi connectivity index (χ3n) is 9.34. The van der Waals surface area contributed by atoms with Crippen molar-refractivity contribution >= 4 is 47.3 Å². The maximum atomic E-state index is 13.5. The molecule has 0 saturated carbocycles. The predicted molar refractivity (Wildman–Crippen MR) is 175 cm³/mol. The Kier molecular flexibility index (Phi) is 10.6. The van der Waals surface area contributed by atoms with E-state index in [1.54, 1.807) is 24.3 Å². The van der Waals surface area contributed by atoms with E-state index in [1.807, 2.05) is 17.1 Å². The first-order valence-electron chi connectivity index (χ1n) is 15.2. The van der Waals surface area contributed by atoms with Crippen molar-refractivity contribution in [2.75, 3.05) is 25.9 Å². The summed E-state index contributed by atoms with van der Waals surface area (Å²) in [5.74, 6) is -0.0334. The monoisotopic (exact) mass is 652 g/mol. The highest BCUT2D eigenvalue weighted by atomic mass is 35.5. The summed E-state index contributed by atoms with van der Waals surface area (Å²) in [5, 5.41) is 5.19. The lowest BCUT2D eigenvalue weighted by Gasteiger charge is -2.47. The molecule has 2 heterocycles. The molecule has 0 aliphatic carbocycles. The number of rotatable bonds is 10. The first-order valence-corrected chi connectivity index (χ1v) is 20.0. The van der Waals surface area contributed by atoms with Crippen LogP contribution < -0.4 is 0 Å². The number of sulfone groups is 1. The minimum atomic E-state index is -3.27. The quantitative estimate of drug-likeness (QED) is 0.243. The van der Waals surface area contributed by atoms with Crippen LogP contribution in [0.3, 0.4) is 0 Å². The molecule has 0 aromatic heterocycles. The van der Waals surface area contributed by atoms with Crippen LogP contribution in [0.4, 0.5) is 0 Å². The normalized spacial score (nSPS) is 19.6. The van der Waals surface area contributed by atoms with Crippen molar-refractivity contribution in [3.63, 3.8) is 0 Å². The SMILES string of the molecule is CC(C)[Si](OC1CCN(N2CC[C@@H](Cc3c(Cl)cc(-c4ccc(S(C)(=O)=O)cc4)cc3Cl)C2=O)CC1)(C(C)C)C(C)C. The summed E-state index contributed by atoms with van der Waals surface area (Å²) in [4.78, 5) is 13.8. The van der Waals surface area contributed by atoms with Crippen LogP contribution in [0.2, 0.25) is 26.7 Å². The molecule has 1 amide bonds. The minimum Gasteiger partial charge on any atom is -0.413 e. The smallest absolute Gasteiger partial charge is 0.240 e. The Bertz CT molecular complexity index is 1330. The van der Waals surface area contributed by atoms with Gasteiger partial charge in [0.15, 0.2) is 9.84 Å². The molecule has 42 heavy (non-hydrogen) atoms. The number of amides is 1. The van der Waals surface area contributed by atoms with Crippen molar-refractivity contribution in [1.29, 1.82) is 0 Å². The van der Waals surface area contributed by atoms with Crippen molar-refractivity contribution in [2.24, 2.45) is 5.92 Å². The molecule has 0 radical (unpaired) electrons. The van der Waals surface area contributed by atoms with Gasteiger partial charge in [0.05, 0.1) is 4.90 Å². The second kappa shape index (κ2) is 13.3. The zero-order chi connectivity index (χ0) is 31.0. The highest BCUT2D eigenvalue weighted by molar-refractivity contribution is 7.90. The van der Waals surface area contributed by atoms with Gasteiger partial charge in [-0.1, -0.05) is 76.9 Å². The Labute approximate surface area is 263 Å². The van der Waals surface area contributed by atoms with E-state index in [2.05, 4.69) is 46.6 Å². The molecule has 2 aromatic carbocycles. The molecule has 0 N–H and O–H groups in total. The molecule has 2 aliphatic rings. The number of hydrogen-bond donors (Lipinski definition) is 0. The summed E-state index contributed by atoms with van der Waals surface area (Å²) < 4.78 is 30.6. The van der Waals surface area contributed by atoms with Crippen LogP contribution in [-0.4, -0.2) is 64.7 Å². The second-order valence-electron chi connectivity index (χ2n) is 13.0. The number of hydrazine groups is 1. The second-order valence-corrected chi connectivity index (χ2v) is 21.2. The largest absolute Gasteiger partial charge is 0.413 e. The van der Waals surface area contributed by atoms with Gasteiger partial charge >= 0.3 is 0 Å². The van der Waals surface area contributed by atoms with Crippen LogP contribution in [0.5, 0.6) is 0 Å². The number of benzene rings is 2. The Morgan fingerprint density at radius 3 is 1.86 bits per heavy atom. The molecule has 2 aliphatic heterocycles. The van der Waals surface area contributed by atoms with Crippen molar-refractivity contribution < 1.29 is 17.6 Å². The predicted octanol–water partition coefficient (Wildman–Crippen LogP) is 8.03. The zero-order valence-electron chi connectivity index (χ0n) is 26.0. The lowest BCUT2D eigenvalue weighted by atomic mass is 9.95. The van der Waals surface area contributed by atoms with E-state index < -0.39 is 18.2 Å². The summed E-state index contributed by atoms with van der Waals surface area (Å²) in [6, 6.07) is 10.4. The zero-order valence-corrected chi connectivity index (χ0v) is 29.3. The number of carbonyl (C=O) groups excluding carboxylic acids is 1. The van der Waals surface area contributed by atoms with Crippen LogP contribution in [0.1, 0.15) is 66.4 Å². The van der Waals surface area contributed by atoms with Crippen molar-refractivity contribution in [3.8, 4) is 11.1 Å². The standard InChI is InChI=1S/C32H46Cl2N2O4SSi/c1-21(2)42(22(3)4,23(5)6)40-27-13-15-35(16-14-27)36-17-12-25(32(36)37)18-29-30(33)19-26(20-31(29)34)24-8-10-28(11-9-24)41(7,38)39/h8-11,19-23,25,27H,12-18H2,1-7H3/t25-/m0/s1. The Hall–Kier alpha value is -1.42. The fourth-order valence-electron chi connectivity index (χ4n) is 7.20. The topological polar surface area (TPSA) is 66.9 Å². The van der Waals surface area contributed by atoms with E-state index in [1.165, 1.54) is 6.26 Å². The molecule has 0 unspecified atom stereocenters. The molecule has 0 spiro atoms. The third-order valence-corrected chi connectivity index (χ3v) is 17.3. The van der Waals surface area contributed by atoms with Gasteiger partial charge in [0, 0.05) is 48.0 Å². The van der Waals surface area contributed by atoms with Gasteiger partial charge in [-0.3, -0.25) is 9.80 Å². The maximum absolute atomic E-state index is 13.5. The van der Waals surface area contributed by atoms with E-state index in [9.17, 15) is 13.2 Å². The van der Waals surface area contributed by atoms with Crippen LogP contribution >= 0.6 is 23.2 Å². The first kappa shape index (κ1) is 33.5. The molecule has 2 saturated heterocycles. The van der Waals surface area contributed by atoms with Gasteiger partial charge in [-0.05, 0) is 83.3 Å². The van der Waals surface area contributed by atoms with Crippen LogP contribution in [-0.2, 0) is 25.5 Å².